The minimum Gasteiger partial charge on any atom is -0.389 e. The van der Waals surface area contributed by atoms with E-state index in [1.165, 1.54) is 11.1 Å². The van der Waals surface area contributed by atoms with E-state index in [1.807, 2.05) is 12.1 Å². The van der Waals surface area contributed by atoms with Crippen molar-refractivity contribution in [3.8, 4) is 0 Å². The Morgan fingerprint density at radius 1 is 1.15 bits per heavy atom. The van der Waals surface area contributed by atoms with Gasteiger partial charge in [-0.25, -0.2) is 0 Å². The van der Waals surface area contributed by atoms with Crippen molar-refractivity contribution >= 4 is 38.8 Å². The highest BCUT2D eigenvalue weighted by Gasteiger charge is 2.19. The Balaban J connectivity index is 1.99. The number of rotatable bonds is 2. The third-order valence-electron chi connectivity index (χ3n) is 3.70. The van der Waals surface area contributed by atoms with E-state index in [2.05, 4.69) is 51.2 Å². The number of nitrogens with two attached hydrogens (primary N) is 1. The fraction of sp³-hybridized carbons (Fsp3) is 0.188. The molecule has 1 aliphatic rings. The van der Waals surface area contributed by atoms with Crippen LogP contribution in [0.15, 0.2) is 46.9 Å². The van der Waals surface area contributed by atoms with Crippen LogP contribution >= 0.6 is 28.1 Å². The molecular weight excluding hydrogens is 332 g/mol. The molecule has 2 aromatic carbocycles. The summed E-state index contributed by atoms with van der Waals surface area (Å²) in [4.78, 5) is 2.80. The summed E-state index contributed by atoms with van der Waals surface area (Å²) in [5.74, 6) is 0. The zero-order valence-electron chi connectivity index (χ0n) is 11.0. The molecule has 0 aromatic heterocycles. The predicted octanol–water partition coefficient (Wildman–Crippen LogP) is 3.65. The zero-order chi connectivity index (χ0) is 14.1. The average Bonchev–Trinajstić information content (AvgIpc) is 2.46. The zero-order valence-corrected chi connectivity index (χ0v) is 13.4. The van der Waals surface area contributed by atoms with Crippen LogP contribution in [-0.2, 0) is 13.0 Å². The fourth-order valence-electron chi connectivity index (χ4n) is 2.68. The maximum absolute atomic E-state index is 5.86. The molecule has 0 spiro atoms. The Labute approximate surface area is 132 Å². The monoisotopic (exact) mass is 346 g/mol. The van der Waals surface area contributed by atoms with Gasteiger partial charge >= 0.3 is 0 Å². The Bertz CT molecular complexity index is 669. The number of fused-ring (bicyclic) bond motifs is 1. The van der Waals surface area contributed by atoms with Gasteiger partial charge in [0.1, 0.15) is 4.99 Å². The van der Waals surface area contributed by atoms with Crippen LogP contribution < -0.4 is 10.6 Å². The van der Waals surface area contributed by atoms with E-state index in [0.717, 1.165) is 35.2 Å². The molecule has 0 fully saturated rings. The van der Waals surface area contributed by atoms with E-state index < -0.39 is 0 Å². The molecule has 3 rings (SSSR count). The highest BCUT2D eigenvalue weighted by molar-refractivity contribution is 9.10. The first-order valence-corrected chi connectivity index (χ1v) is 7.76. The van der Waals surface area contributed by atoms with Gasteiger partial charge in [-0.2, -0.15) is 0 Å². The van der Waals surface area contributed by atoms with E-state index in [1.54, 1.807) is 0 Å². The van der Waals surface area contributed by atoms with Crippen LogP contribution in [0.5, 0.6) is 0 Å². The molecule has 0 atom stereocenters. The second-order valence-corrected chi connectivity index (χ2v) is 6.32. The summed E-state index contributed by atoms with van der Waals surface area (Å²) in [6, 6.07) is 14.7. The lowest BCUT2D eigenvalue weighted by Crippen LogP contribution is -2.32. The van der Waals surface area contributed by atoms with Gasteiger partial charge < -0.3 is 10.6 Å². The van der Waals surface area contributed by atoms with Crippen LogP contribution in [0.2, 0.25) is 0 Å². The third kappa shape index (κ3) is 2.58. The maximum atomic E-state index is 5.86. The second kappa shape index (κ2) is 5.54. The molecule has 0 amide bonds. The lowest BCUT2D eigenvalue weighted by molar-refractivity contribution is 0.731. The number of nitrogens with zero attached hydrogens (tertiary/aromatic N) is 1. The fourth-order valence-corrected chi connectivity index (χ4v) is 3.20. The number of hydrogen-bond acceptors (Lipinski definition) is 2. The summed E-state index contributed by atoms with van der Waals surface area (Å²) in [6.07, 6.45) is 1.06. The van der Waals surface area contributed by atoms with Gasteiger partial charge in [0.2, 0.25) is 0 Å². The molecule has 0 aliphatic carbocycles. The normalized spacial score (nSPS) is 13.9. The van der Waals surface area contributed by atoms with Crippen molar-refractivity contribution in [2.45, 2.75) is 13.0 Å². The van der Waals surface area contributed by atoms with Crippen LogP contribution in [0.3, 0.4) is 0 Å². The number of hydrogen-bond donors (Lipinski definition) is 1. The molecule has 2 N–H and O–H groups in total. The molecule has 102 valence electrons. The summed E-state index contributed by atoms with van der Waals surface area (Å²) < 4.78 is 1.05. The first kappa shape index (κ1) is 13.6. The van der Waals surface area contributed by atoms with Gasteiger partial charge in [0.25, 0.3) is 0 Å². The van der Waals surface area contributed by atoms with E-state index in [0.29, 0.717) is 4.99 Å². The van der Waals surface area contributed by atoms with Crippen LogP contribution in [0, 0.1) is 0 Å². The molecular formula is C16H15BrN2S. The topological polar surface area (TPSA) is 29.3 Å². The lowest BCUT2D eigenvalue weighted by atomic mass is 9.98. The number of thiocarbonyl (C=S) groups is 1. The molecule has 0 radical (unpaired) electrons. The third-order valence-corrected chi connectivity index (χ3v) is 4.41. The largest absolute Gasteiger partial charge is 0.389 e. The van der Waals surface area contributed by atoms with Crippen molar-refractivity contribution < 1.29 is 0 Å². The van der Waals surface area contributed by atoms with Crippen molar-refractivity contribution in [1.29, 1.82) is 0 Å². The standard InChI is InChI=1S/C16H15BrN2S/c17-13-5-6-14(16(18)20)15(9-13)19-8-7-11-3-1-2-4-12(11)10-19/h1-6,9H,7-8,10H2,(H2,18,20). The summed E-state index contributed by atoms with van der Waals surface area (Å²) in [5.41, 5.74) is 10.7. The second-order valence-electron chi connectivity index (χ2n) is 4.97. The van der Waals surface area contributed by atoms with Gasteiger partial charge in [-0.3, -0.25) is 0 Å². The summed E-state index contributed by atoms with van der Waals surface area (Å²) >= 11 is 8.71. The van der Waals surface area contributed by atoms with Crippen molar-refractivity contribution in [1.82, 2.24) is 0 Å². The van der Waals surface area contributed by atoms with Crippen LogP contribution in [0.1, 0.15) is 16.7 Å². The first-order chi connectivity index (χ1) is 9.65. The molecule has 1 heterocycles. The van der Waals surface area contributed by atoms with Crippen molar-refractivity contribution in [2.75, 3.05) is 11.4 Å². The molecule has 2 nitrogen and oxygen atoms in total. The van der Waals surface area contributed by atoms with Crippen molar-refractivity contribution in [2.24, 2.45) is 5.73 Å². The molecule has 20 heavy (non-hydrogen) atoms. The van der Waals surface area contributed by atoms with Gasteiger partial charge in [-0.15, -0.1) is 0 Å². The Morgan fingerprint density at radius 3 is 2.65 bits per heavy atom. The Kier molecular flexibility index (Phi) is 3.76. The summed E-state index contributed by atoms with van der Waals surface area (Å²) in [6.45, 7) is 1.89. The number of benzene rings is 2. The van der Waals surface area contributed by atoms with Crippen LogP contribution in [0.25, 0.3) is 0 Å². The van der Waals surface area contributed by atoms with E-state index in [4.69, 9.17) is 18.0 Å². The smallest absolute Gasteiger partial charge is 0.106 e. The maximum Gasteiger partial charge on any atom is 0.106 e. The molecule has 0 saturated carbocycles. The lowest BCUT2D eigenvalue weighted by Gasteiger charge is -2.32. The molecule has 2 aromatic rings. The molecule has 1 aliphatic heterocycles. The number of anilines is 1. The summed E-state index contributed by atoms with van der Waals surface area (Å²) in [5, 5.41) is 0. The first-order valence-electron chi connectivity index (χ1n) is 6.56. The van der Waals surface area contributed by atoms with Gasteiger partial charge in [-0.05, 0) is 35.7 Å². The Hall–Kier alpha value is -1.39. The highest BCUT2D eigenvalue weighted by Crippen LogP contribution is 2.29. The highest BCUT2D eigenvalue weighted by atomic mass is 79.9. The molecule has 0 bridgehead atoms. The van der Waals surface area contributed by atoms with Crippen LogP contribution in [0.4, 0.5) is 5.69 Å². The SMILES string of the molecule is NC(=S)c1ccc(Br)cc1N1CCc2ccccc2C1. The van der Waals surface area contributed by atoms with Crippen LogP contribution in [-0.4, -0.2) is 11.5 Å². The van der Waals surface area contributed by atoms with Gasteiger partial charge in [0.05, 0.1) is 0 Å². The van der Waals surface area contributed by atoms with Crippen molar-refractivity contribution in [3.05, 3.63) is 63.6 Å². The van der Waals surface area contributed by atoms with E-state index >= 15 is 0 Å². The minimum atomic E-state index is 0.450. The molecule has 0 saturated heterocycles. The predicted molar refractivity (Wildman–Crippen MR) is 91.2 cm³/mol. The summed E-state index contributed by atoms with van der Waals surface area (Å²) in [7, 11) is 0. The Morgan fingerprint density at radius 2 is 1.90 bits per heavy atom. The average molecular weight is 347 g/mol. The molecule has 4 heteroatoms. The molecule has 0 unspecified atom stereocenters. The van der Waals surface area contributed by atoms with E-state index in [9.17, 15) is 0 Å². The quantitative estimate of drug-likeness (QED) is 0.841. The van der Waals surface area contributed by atoms with Gasteiger partial charge in [0.15, 0.2) is 0 Å². The van der Waals surface area contributed by atoms with Gasteiger partial charge in [0, 0.05) is 28.8 Å². The minimum absolute atomic E-state index is 0.450. The van der Waals surface area contributed by atoms with E-state index in [-0.39, 0.29) is 0 Å². The van der Waals surface area contributed by atoms with Gasteiger partial charge in [-0.1, -0.05) is 52.4 Å². The number of halogens is 1. The van der Waals surface area contributed by atoms with Crippen molar-refractivity contribution in [3.63, 3.8) is 0 Å².